The lowest BCUT2D eigenvalue weighted by atomic mass is 9.95. The molecule has 4 heteroatoms. The predicted molar refractivity (Wildman–Crippen MR) is 67.9 cm³/mol. The van der Waals surface area contributed by atoms with Crippen molar-refractivity contribution in [3.05, 3.63) is 24.4 Å². The van der Waals surface area contributed by atoms with E-state index in [4.69, 9.17) is 4.74 Å². The van der Waals surface area contributed by atoms with Gasteiger partial charge in [-0.15, -0.1) is 0 Å². The lowest BCUT2D eigenvalue weighted by Gasteiger charge is -2.25. The van der Waals surface area contributed by atoms with Crippen LogP contribution in [-0.2, 0) is 9.53 Å². The maximum Gasteiger partial charge on any atom is 0.310 e. The highest BCUT2D eigenvalue weighted by Crippen LogP contribution is 2.17. The number of ether oxygens (including phenoxy) is 1. The Balaban J connectivity index is 2.71. The molecule has 1 rings (SSSR count). The van der Waals surface area contributed by atoms with Gasteiger partial charge in [0.15, 0.2) is 0 Å². The highest BCUT2D eigenvalue weighted by molar-refractivity contribution is 5.73. The van der Waals surface area contributed by atoms with Crippen LogP contribution in [0.1, 0.15) is 13.8 Å². The predicted octanol–water partition coefficient (Wildman–Crippen LogP) is 1.96. The Hall–Kier alpha value is -1.58. The van der Waals surface area contributed by atoms with Crippen molar-refractivity contribution in [2.24, 2.45) is 11.8 Å². The van der Waals surface area contributed by atoms with Crippen LogP contribution in [0.2, 0.25) is 0 Å². The zero-order chi connectivity index (χ0) is 12.8. The first-order valence-electron chi connectivity index (χ1n) is 5.76. The van der Waals surface area contributed by atoms with Crippen molar-refractivity contribution in [2.75, 3.05) is 25.6 Å². The van der Waals surface area contributed by atoms with E-state index in [2.05, 4.69) is 4.98 Å². The minimum atomic E-state index is -0.164. The summed E-state index contributed by atoms with van der Waals surface area (Å²) < 4.78 is 4.82. The fourth-order valence-electron chi connectivity index (χ4n) is 1.68. The van der Waals surface area contributed by atoms with Crippen molar-refractivity contribution in [3.63, 3.8) is 0 Å². The second kappa shape index (κ2) is 6.23. The molecule has 17 heavy (non-hydrogen) atoms. The summed E-state index contributed by atoms with van der Waals surface area (Å²) >= 11 is 0. The second-order valence-corrected chi connectivity index (χ2v) is 4.44. The average Bonchev–Trinajstić information content (AvgIpc) is 2.35. The molecule has 1 aromatic heterocycles. The number of anilines is 1. The summed E-state index contributed by atoms with van der Waals surface area (Å²) in [6.07, 6.45) is 1.74. The highest BCUT2D eigenvalue weighted by atomic mass is 16.5. The summed E-state index contributed by atoms with van der Waals surface area (Å²) in [6.45, 7) is 4.66. The van der Waals surface area contributed by atoms with E-state index in [1.54, 1.807) is 6.20 Å². The number of hydrogen-bond acceptors (Lipinski definition) is 4. The summed E-state index contributed by atoms with van der Waals surface area (Å²) in [5.41, 5.74) is 0. The Labute approximate surface area is 103 Å². The molecule has 1 unspecified atom stereocenters. The average molecular weight is 236 g/mol. The summed E-state index contributed by atoms with van der Waals surface area (Å²) in [4.78, 5) is 17.9. The van der Waals surface area contributed by atoms with E-state index < -0.39 is 0 Å². The van der Waals surface area contributed by atoms with Crippen LogP contribution in [0.25, 0.3) is 0 Å². The number of carbonyl (C=O) groups excluding carboxylic acids is 1. The van der Waals surface area contributed by atoms with Gasteiger partial charge in [0.05, 0.1) is 13.0 Å². The van der Waals surface area contributed by atoms with Gasteiger partial charge in [-0.25, -0.2) is 4.98 Å². The third-order valence-corrected chi connectivity index (χ3v) is 2.82. The quantitative estimate of drug-likeness (QED) is 0.733. The molecule has 0 bridgehead atoms. The molecule has 0 N–H and O–H groups in total. The molecule has 0 saturated carbocycles. The molecule has 1 aromatic rings. The Morgan fingerprint density at radius 2 is 2.18 bits per heavy atom. The Kier molecular flexibility index (Phi) is 4.94. The minimum absolute atomic E-state index is 0.132. The van der Waals surface area contributed by atoms with Crippen molar-refractivity contribution in [3.8, 4) is 0 Å². The van der Waals surface area contributed by atoms with Crippen LogP contribution in [0.4, 0.5) is 5.82 Å². The van der Waals surface area contributed by atoms with Gasteiger partial charge in [-0.1, -0.05) is 19.9 Å². The summed E-state index contributed by atoms with van der Waals surface area (Å²) in [5.74, 6) is 0.811. The first kappa shape index (κ1) is 13.5. The standard InChI is InChI=1S/C13H20N2O2/c1-10(2)11(13(16)17-4)9-15(3)12-7-5-6-8-14-12/h5-8,10-11H,9H2,1-4H3. The van der Waals surface area contributed by atoms with Crippen LogP contribution in [0.15, 0.2) is 24.4 Å². The fourth-order valence-corrected chi connectivity index (χ4v) is 1.68. The molecule has 4 nitrogen and oxygen atoms in total. The number of esters is 1. The van der Waals surface area contributed by atoms with Gasteiger partial charge < -0.3 is 9.64 Å². The van der Waals surface area contributed by atoms with Crippen LogP contribution in [0, 0.1) is 11.8 Å². The molecule has 0 saturated heterocycles. The van der Waals surface area contributed by atoms with Gasteiger partial charge in [0.25, 0.3) is 0 Å². The van der Waals surface area contributed by atoms with Crippen LogP contribution in [0.5, 0.6) is 0 Å². The molecule has 0 aromatic carbocycles. The first-order chi connectivity index (χ1) is 8.06. The zero-order valence-corrected chi connectivity index (χ0v) is 10.9. The summed E-state index contributed by atoms with van der Waals surface area (Å²) in [7, 11) is 3.36. The fraction of sp³-hybridized carbons (Fsp3) is 0.538. The molecule has 0 radical (unpaired) electrons. The van der Waals surface area contributed by atoms with Crippen molar-refractivity contribution >= 4 is 11.8 Å². The molecule has 94 valence electrons. The van der Waals surface area contributed by atoms with Gasteiger partial charge >= 0.3 is 5.97 Å². The van der Waals surface area contributed by atoms with Crippen molar-refractivity contribution in [2.45, 2.75) is 13.8 Å². The first-order valence-corrected chi connectivity index (χ1v) is 5.76. The van der Waals surface area contributed by atoms with E-state index in [0.29, 0.717) is 6.54 Å². The van der Waals surface area contributed by atoms with Crippen molar-refractivity contribution < 1.29 is 9.53 Å². The van der Waals surface area contributed by atoms with E-state index in [0.717, 1.165) is 5.82 Å². The zero-order valence-electron chi connectivity index (χ0n) is 10.9. The molecular formula is C13H20N2O2. The number of pyridine rings is 1. The van der Waals surface area contributed by atoms with Gasteiger partial charge in [0.1, 0.15) is 5.82 Å². The topological polar surface area (TPSA) is 42.4 Å². The van der Waals surface area contributed by atoms with Crippen molar-refractivity contribution in [1.82, 2.24) is 4.98 Å². The lowest BCUT2D eigenvalue weighted by molar-refractivity contribution is -0.146. The van der Waals surface area contributed by atoms with Gasteiger partial charge in [0.2, 0.25) is 0 Å². The Morgan fingerprint density at radius 1 is 1.47 bits per heavy atom. The SMILES string of the molecule is COC(=O)C(CN(C)c1ccccn1)C(C)C. The summed E-state index contributed by atoms with van der Waals surface area (Å²) in [5, 5.41) is 0. The molecule has 0 aliphatic carbocycles. The molecule has 0 aliphatic rings. The summed E-state index contributed by atoms with van der Waals surface area (Å²) in [6, 6.07) is 5.73. The molecule has 0 spiro atoms. The van der Waals surface area contributed by atoms with Gasteiger partial charge in [-0.3, -0.25) is 4.79 Å². The molecule has 0 amide bonds. The molecule has 1 heterocycles. The van der Waals surface area contributed by atoms with Gasteiger partial charge in [-0.05, 0) is 18.1 Å². The van der Waals surface area contributed by atoms with Crippen LogP contribution >= 0.6 is 0 Å². The number of methoxy groups -OCH3 is 1. The second-order valence-electron chi connectivity index (χ2n) is 4.44. The molecular weight excluding hydrogens is 216 g/mol. The van der Waals surface area contributed by atoms with Crippen LogP contribution < -0.4 is 4.90 Å². The number of rotatable bonds is 5. The number of nitrogens with zero attached hydrogens (tertiary/aromatic N) is 2. The molecule has 0 aliphatic heterocycles. The van der Waals surface area contributed by atoms with E-state index in [9.17, 15) is 4.79 Å². The van der Waals surface area contributed by atoms with Gasteiger partial charge in [0, 0.05) is 19.8 Å². The van der Waals surface area contributed by atoms with E-state index >= 15 is 0 Å². The maximum atomic E-state index is 11.7. The molecule has 1 atom stereocenters. The Bertz CT molecular complexity index is 352. The van der Waals surface area contributed by atoms with Crippen molar-refractivity contribution in [1.29, 1.82) is 0 Å². The third-order valence-electron chi connectivity index (χ3n) is 2.82. The number of carbonyl (C=O) groups is 1. The number of hydrogen-bond donors (Lipinski definition) is 0. The van der Waals surface area contributed by atoms with E-state index in [-0.39, 0.29) is 17.8 Å². The van der Waals surface area contributed by atoms with E-state index in [1.807, 2.05) is 44.0 Å². The number of aromatic nitrogens is 1. The van der Waals surface area contributed by atoms with E-state index in [1.165, 1.54) is 7.11 Å². The normalized spacial score (nSPS) is 12.3. The minimum Gasteiger partial charge on any atom is -0.469 e. The Morgan fingerprint density at radius 3 is 2.65 bits per heavy atom. The van der Waals surface area contributed by atoms with Crippen LogP contribution in [0.3, 0.4) is 0 Å². The largest absolute Gasteiger partial charge is 0.469 e. The lowest BCUT2D eigenvalue weighted by Crippen LogP contribution is -2.34. The third kappa shape index (κ3) is 3.73. The maximum absolute atomic E-state index is 11.7. The molecule has 0 fully saturated rings. The monoisotopic (exact) mass is 236 g/mol. The van der Waals surface area contributed by atoms with Gasteiger partial charge in [-0.2, -0.15) is 0 Å². The van der Waals surface area contributed by atoms with Crippen LogP contribution in [-0.4, -0.2) is 31.7 Å². The highest BCUT2D eigenvalue weighted by Gasteiger charge is 2.24. The smallest absolute Gasteiger partial charge is 0.310 e.